The van der Waals surface area contributed by atoms with Crippen LogP contribution in [0.25, 0.3) is 21.9 Å². The van der Waals surface area contributed by atoms with Gasteiger partial charge in [-0.25, -0.2) is 4.98 Å². The van der Waals surface area contributed by atoms with Crippen molar-refractivity contribution in [3.8, 4) is 5.75 Å². The molecule has 0 aliphatic carbocycles. The highest BCUT2D eigenvalue weighted by Gasteiger charge is 2.21. The Morgan fingerprint density at radius 1 is 1.21 bits per heavy atom. The predicted molar refractivity (Wildman–Crippen MR) is 152 cm³/mol. The van der Waals surface area contributed by atoms with E-state index in [0.29, 0.717) is 24.8 Å². The lowest BCUT2D eigenvalue weighted by atomic mass is 10.1. The lowest BCUT2D eigenvalue weighted by molar-refractivity contribution is 0.190. The number of nitrogen functional groups attached to an aromatic ring is 1. The first-order valence-corrected chi connectivity index (χ1v) is 13.5. The third-order valence-corrected chi connectivity index (χ3v) is 7.27. The van der Waals surface area contributed by atoms with Gasteiger partial charge in [0.2, 0.25) is 5.95 Å². The Kier molecular flexibility index (Phi) is 8.26. The quantitative estimate of drug-likeness (QED) is 0.222. The number of anilines is 2. The van der Waals surface area contributed by atoms with E-state index >= 15 is 0 Å². The summed E-state index contributed by atoms with van der Waals surface area (Å²) in [4.78, 5) is 9.30. The molecule has 9 heteroatoms. The standard InChI is InChI=1S/C29H38N6O3/c1-3-6-21(11-13-36)32-28-27-26(33-29(30)34-28)23-7-4-5-8-24(23)35(27)17-20-15-19(9-10-25(20)37-2)16-31-22-12-14-38-18-22/h4-5,7-10,15,21-22,31,36H,3,6,11-14,16-18H2,1-2H3,(H3,30,32,33,34)/t21-,22+/m0/s1. The number of ether oxygens (including phenoxy) is 2. The number of methoxy groups -OCH3 is 1. The molecule has 1 aliphatic rings. The molecule has 0 unspecified atom stereocenters. The van der Waals surface area contributed by atoms with E-state index in [1.54, 1.807) is 7.11 Å². The summed E-state index contributed by atoms with van der Waals surface area (Å²) in [7, 11) is 1.71. The summed E-state index contributed by atoms with van der Waals surface area (Å²) in [6, 6.07) is 15.1. The van der Waals surface area contributed by atoms with Crippen molar-refractivity contribution in [1.82, 2.24) is 19.9 Å². The zero-order valence-electron chi connectivity index (χ0n) is 22.2. The van der Waals surface area contributed by atoms with E-state index in [-0.39, 0.29) is 18.6 Å². The highest BCUT2D eigenvalue weighted by atomic mass is 16.5. The molecule has 2 atom stereocenters. The minimum absolute atomic E-state index is 0.0810. The van der Waals surface area contributed by atoms with Gasteiger partial charge in [-0.1, -0.05) is 37.6 Å². The molecule has 0 radical (unpaired) electrons. The van der Waals surface area contributed by atoms with Crippen molar-refractivity contribution in [3.63, 3.8) is 0 Å². The van der Waals surface area contributed by atoms with Crippen molar-refractivity contribution in [3.05, 3.63) is 53.6 Å². The first-order valence-electron chi connectivity index (χ1n) is 13.5. The van der Waals surface area contributed by atoms with Gasteiger partial charge in [0, 0.05) is 42.8 Å². The molecule has 1 saturated heterocycles. The van der Waals surface area contributed by atoms with Gasteiger partial charge in [0.05, 0.1) is 25.8 Å². The molecule has 0 amide bonds. The highest BCUT2D eigenvalue weighted by Crippen LogP contribution is 2.34. The maximum Gasteiger partial charge on any atom is 0.222 e. The van der Waals surface area contributed by atoms with E-state index in [1.165, 1.54) is 5.56 Å². The predicted octanol–water partition coefficient (Wildman–Crippen LogP) is 4.07. The molecule has 1 fully saturated rings. The SMILES string of the molecule is CCC[C@@H](CCO)Nc1nc(N)nc2c3ccccc3n(Cc3cc(CN[C@@H]4CCOC4)ccc3OC)c12. The van der Waals surface area contributed by atoms with Gasteiger partial charge in [0.25, 0.3) is 0 Å². The molecule has 0 bridgehead atoms. The lowest BCUT2D eigenvalue weighted by Crippen LogP contribution is -2.28. The fourth-order valence-corrected chi connectivity index (χ4v) is 5.39. The second-order valence-corrected chi connectivity index (χ2v) is 9.96. The van der Waals surface area contributed by atoms with Gasteiger partial charge in [-0.2, -0.15) is 4.98 Å². The van der Waals surface area contributed by atoms with Crippen molar-refractivity contribution in [2.24, 2.45) is 0 Å². The first kappa shape index (κ1) is 26.2. The molecule has 1 aliphatic heterocycles. The summed E-state index contributed by atoms with van der Waals surface area (Å²) in [6.07, 6.45) is 3.59. The molecule has 202 valence electrons. The fourth-order valence-electron chi connectivity index (χ4n) is 5.39. The molecule has 38 heavy (non-hydrogen) atoms. The molecule has 5 rings (SSSR count). The van der Waals surface area contributed by atoms with Gasteiger partial charge < -0.3 is 35.5 Å². The van der Waals surface area contributed by atoms with Crippen LogP contribution in [0.2, 0.25) is 0 Å². The van der Waals surface area contributed by atoms with Gasteiger partial charge in [-0.3, -0.25) is 0 Å². The number of aliphatic hydroxyl groups excluding tert-OH is 1. The van der Waals surface area contributed by atoms with Gasteiger partial charge in [0.15, 0.2) is 5.82 Å². The summed E-state index contributed by atoms with van der Waals surface area (Å²) < 4.78 is 13.5. The molecule has 3 heterocycles. The molecule has 4 aromatic rings. The van der Waals surface area contributed by atoms with E-state index in [0.717, 1.165) is 72.3 Å². The Morgan fingerprint density at radius 3 is 2.84 bits per heavy atom. The highest BCUT2D eigenvalue weighted by molar-refractivity contribution is 6.09. The van der Waals surface area contributed by atoms with Crippen molar-refractivity contribution in [2.45, 2.75) is 57.8 Å². The minimum Gasteiger partial charge on any atom is -0.496 e. The van der Waals surface area contributed by atoms with Crippen LogP contribution in [0.3, 0.4) is 0 Å². The average molecular weight is 519 g/mol. The van der Waals surface area contributed by atoms with Crippen molar-refractivity contribution >= 4 is 33.7 Å². The van der Waals surface area contributed by atoms with Crippen LogP contribution in [0.15, 0.2) is 42.5 Å². The number of hydrogen-bond acceptors (Lipinski definition) is 8. The lowest BCUT2D eigenvalue weighted by Gasteiger charge is -2.20. The molecular formula is C29H38N6O3. The summed E-state index contributed by atoms with van der Waals surface area (Å²) in [5.41, 5.74) is 11.2. The molecular weight excluding hydrogens is 480 g/mol. The zero-order valence-corrected chi connectivity index (χ0v) is 22.2. The summed E-state index contributed by atoms with van der Waals surface area (Å²) in [5.74, 6) is 1.75. The van der Waals surface area contributed by atoms with E-state index in [9.17, 15) is 5.11 Å². The van der Waals surface area contributed by atoms with Gasteiger partial charge >= 0.3 is 0 Å². The molecule has 2 aromatic carbocycles. The van der Waals surface area contributed by atoms with E-state index in [2.05, 4.69) is 56.4 Å². The number of aliphatic hydroxyl groups is 1. The van der Waals surface area contributed by atoms with Crippen molar-refractivity contribution < 1.29 is 14.6 Å². The third kappa shape index (κ3) is 5.55. The Morgan fingerprint density at radius 2 is 2.08 bits per heavy atom. The first-order chi connectivity index (χ1) is 18.6. The Bertz CT molecular complexity index is 1380. The zero-order chi connectivity index (χ0) is 26.5. The van der Waals surface area contributed by atoms with Crippen LogP contribution in [0.4, 0.5) is 11.8 Å². The molecule has 0 saturated carbocycles. The van der Waals surface area contributed by atoms with Crippen molar-refractivity contribution in [2.75, 3.05) is 38.0 Å². The minimum atomic E-state index is 0.0810. The van der Waals surface area contributed by atoms with Crippen LogP contribution in [-0.4, -0.2) is 58.7 Å². The Hall–Kier alpha value is -3.40. The Labute approximate surface area is 223 Å². The number of benzene rings is 2. The van der Waals surface area contributed by atoms with Crippen LogP contribution in [0.5, 0.6) is 5.75 Å². The fraction of sp³-hybridized carbons (Fsp3) is 0.448. The maximum absolute atomic E-state index is 9.64. The van der Waals surface area contributed by atoms with Crippen LogP contribution in [0.1, 0.15) is 43.7 Å². The largest absolute Gasteiger partial charge is 0.496 e. The maximum atomic E-state index is 9.64. The van der Waals surface area contributed by atoms with E-state index in [1.807, 2.05) is 18.2 Å². The molecule has 0 spiro atoms. The van der Waals surface area contributed by atoms with Crippen LogP contribution >= 0.6 is 0 Å². The van der Waals surface area contributed by atoms with E-state index in [4.69, 9.17) is 15.2 Å². The Balaban J connectivity index is 1.58. The van der Waals surface area contributed by atoms with Crippen LogP contribution in [0, 0.1) is 0 Å². The summed E-state index contributed by atoms with van der Waals surface area (Å²) in [5, 5.41) is 17.8. The number of fused-ring (bicyclic) bond motifs is 3. The summed E-state index contributed by atoms with van der Waals surface area (Å²) in [6.45, 7) is 5.17. The van der Waals surface area contributed by atoms with E-state index < -0.39 is 0 Å². The summed E-state index contributed by atoms with van der Waals surface area (Å²) >= 11 is 0. The number of aromatic nitrogens is 3. The average Bonchev–Trinajstić information content (AvgIpc) is 3.55. The molecule has 2 aromatic heterocycles. The van der Waals surface area contributed by atoms with Gasteiger partial charge in [-0.15, -0.1) is 0 Å². The second kappa shape index (κ2) is 12.0. The molecule has 5 N–H and O–H groups in total. The number of rotatable bonds is 12. The number of hydrogen-bond donors (Lipinski definition) is 4. The van der Waals surface area contributed by atoms with Crippen LogP contribution < -0.4 is 21.1 Å². The number of nitrogens with zero attached hydrogens (tertiary/aromatic N) is 3. The second-order valence-electron chi connectivity index (χ2n) is 9.96. The third-order valence-electron chi connectivity index (χ3n) is 7.27. The molecule has 9 nitrogen and oxygen atoms in total. The van der Waals surface area contributed by atoms with Crippen molar-refractivity contribution in [1.29, 1.82) is 0 Å². The smallest absolute Gasteiger partial charge is 0.222 e. The van der Waals surface area contributed by atoms with Gasteiger partial charge in [0.1, 0.15) is 16.8 Å². The number of nitrogens with one attached hydrogen (secondary N) is 2. The number of nitrogens with two attached hydrogens (primary N) is 1. The monoisotopic (exact) mass is 518 g/mol. The van der Waals surface area contributed by atoms with Gasteiger partial charge in [-0.05, 0) is 43.0 Å². The number of para-hydroxylation sites is 1. The van der Waals surface area contributed by atoms with Crippen LogP contribution in [-0.2, 0) is 17.8 Å². The normalized spacial score (nSPS) is 16.3. The topological polar surface area (TPSA) is 119 Å².